The largest absolute Gasteiger partial charge is 0.481 e. The van der Waals surface area contributed by atoms with Gasteiger partial charge in [0.2, 0.25) is 5.91 Å². The molecule has 0 aliphatic rings. The van der Waals surface area contributed by atoms with Crippen LogP contribution in [0.1, 0.15) is 49.5 Å². The van der Waals surface area contributed by atoms with Crippen LogP contribution in [0, 0.1) is 0 Å². The van der Waals surface area contributed by atoms with Crippen molar-refractivity contribution in [1.29, 1.82) is 0 Å². The average Bonchev–Trinajstić information content (AvgIpc) is 2.70. The van der Waals surface area contributed by atoms with Crippen molar-refractivity contribution in [2.75, 3.05) is 18.4 Å². The number of hydrogen-bond acceptors (Lipinski definition) is 4. The van der Waals surface area contributed by atoms with E-state index in [1.807, 2.05) is 24.3 Å². The van der Waals surface area contributed by atoms with E-state index in [0.29, 0.717) is 22.9 Å². The molecule has 1 unspecified atom stereocenters. The Morgan fingerprint density at radius 2 is 1.60 bits per heavy atom. The van der Waals surface area contributed by atoms with Gasteiger partial charge in [-0.2, -0.15) is 0 Å². The van der Waals surface area contributed by atoms with Crippen molar-refractivity contribution in [3.8, 4) is 5.75 Å². The summed E-state index contributed by atoms with van der Waals surface area (Å²) in [6.45, 7) is 7.86. The standard InChI is InChI=1S/C23H29N3O4/c1-15(2)18-8-10-21(11-9-18)30-16(3)22(28)24-12-13-25-23(29)19-6-5-7-20(14-19)26-17(4)27/h5-11,14-16H,12-13H2,1-4H3,(H,24,28)(H,25,29)(H,26,27). The molecule has 0 radical (unpaired) electrons. The number of hydrogen-bond donors (Lipinski definition) is 3. The van der Waals surface area contributed by atoms with Gasteiger partial charge in [-0.25, -0.2) is 0 Å². The van der Waals surface area contributed by atoms with Crippen molar-refractivity contribution in [3.05, 3.63) is 59.7 Å². The van der Waals surface area contributed by atoms with Gasteiger partial charge in [-0.1, -0.05) is 32.0 Å². The maximum absolute atomic E-state index is 12.2. The zero-order chi connectivity index (χ0) is 22.1. The molecule has 0 aliphatic carbocycles. The lowest BCUT2D eigenvalue weighted by Gasteiger charge is -2.15. The topological polar surface area (TPSA) is 96.5 Å². The van der Waals surface area contributed by atoms with Crippen LogP contribution in [0.15, 0.2) is 48.5 Å². The highest BCUT2D eigenvalue weighted by Crippen LogP contribution is 2.19. The van der Waals surface area contributed by atoms with Gasteiger partial charge in [0.15, 0.2) is 6.10 Å². The van der Waals surface area contributed by atoms with Crippen LogP contribution in [0.25, 0.3) is 0 Å². The first-order valence-electron chi connectivity index (χ1n) is 9.96. The highest BCUT2D eigenvalue weighted by atomic mass is 16.5. The molecule has 2 aromatic carbocycles. The first-order chi connectivity index (χ1) is 14.3. The van der Waals surface area contributed by atoms with Gasteiger partial charge < -0.3 is 20.7 Å². The lowest BCUT2D eigenvalue weighted by Crippen LogP contribution is -2.40. The van der Waals surface area contributed by atoms with Crippen molar-refractivity contribution in [3.63, 3.8) is 0 Å². The number of ether oxygens (including phenoxy) is 1. The summed E-state index contributed by atoms with van der Waals surface area (Å²) in [7, 11) is 0. The number of nitrogens with one attached hydrogen (secondary N) is 3. The van der Waals surface area contributed by atoms with Crippen LogP contribution in [0.4, 0.5) is 5.69 Å². The molecule has 7 heteroatoms. The number of anilines is 1. The van der Waals surface area contributed by atoms with E-state index < -0.39 is 6.10 Å². The molecule has 3 amide bonds. The monoisotopic (exact) mass is 411 g/mol. The molecular formula is C23H29N3O4. The fourth-order valence-electron chi connectivity index (χ4n) is 2.74. The Kier molecular flexibility index (Phi) is 8.41. The van der Waals surface area contributed by atoms with Crippen LogP contribution < -0.4 is 20.7 Å². The number of benzene rings is 2. The zero-order valence-electron chi connectivity index (χ0n) is 17.8. The molecule has 160 valence electrons. The second-order valence-electron chi connectivity index (χ2n) is 7.29. The minimum atomic E-state index is -0.653. The molecule has 7 nitrogen and oxygen atoms in total. The average molecular weight is 412 g/mol. The van der Waals surface area contributed by atoms with E-state index in [1.54, 1.807) is 31.2 Å². The molecular weight excluding hydrogens is 382 g/mol. The Morgan fingerprint density at radius 3 is 2.23 bits per heavy atom. The Hall–Kier alpha value is -3.35. The predicted molar refractivity (Wildman–Crippen MR) is 117 cm³/mol. The van der Waals surface area contributed by atoms with Crippen LogP contribution in [-0.2, 0) is 9.59 Å². The van der Waals surface area contributed by atoms with Crippen molar-refractivity contribution < 1.29 is 19.1 Å². The smallest absolute Gasteiger partial charge is 0.260 e. The number of carbonyl (C=O) groups excluding carboxylic acids is 3. The molecule has 0 aromatic heterocycles. The van der Waals surface area contributed by atoms with Gasteiger partial charge in [0, 0.05) is 31.3 Å². The number of amides is 3. The molecule has 0 saturated carbocycles. The third-order valence-electron chi connectivity index (χ3n) is 4.38. The summed E-state index contributed by atoms with van der Waals surface area (Å²) in [5.41, 5.74) is 2.18. The highest BCUT2D eigenvalue weighted by molar-refractivity contribution is 5.96. The summed E-state index contributed by atoms with van der Waals surface area (Å²) in [4.78, 5) is 35.5. The van der Waals surface area contributed by atoms with E-state index in [-0.39, 0.29) is 30.8 Å². The molecule has 1 atom stereocenters. The van der Waals surface area contributed by atoms with Gasteiger partial charge in [0.05, 0.1) is 0 Å². The van der Waals surface area contributed by atoms with Gasteiger partial charge in [-0.05, 0) is 48.7 Å². The van der Waals surface area contributed by atoms with Crippen LogP contribution in [0.5, 0.6) is 5.75 Å². The van der Waals surface area contributed by atoms with Crippen LogP contribution in [-0.4, -0.2) is 36.9 Å². The summed E-state index contributed by atoms with van der Waals surface area (Å²) < 4.78 is 5.67. The molecule has 2 rings (SSSR count). The van der Waals surface area contributed by atoms with E-state index in [9.17, 15) is 14.4 Å². The quantitative estimate of drug-likeness (QED) is 0.553. The molecule has 0 fully saturated rings. The van der Waals surface area contributed by atoms with E-state index in [2.05, 4.69) is 29.8 Å². The summed E-state index contributed by atoms with van der Waals surface area (Å²) in [6, 6.07) is 14.3. The minimum Gasteiger partial charge on any atom is -0.481 e. The van der Waals surface area contributed by atoms with Crippen LogP contribution in [0.3, 0.4) is 0 Å². The molecule has 0 saturated heterocycles. The zero-order valence-corrected chi connectivity index (χ0v) is 17.8. The first-order valence-corrected chi connectivity index (χ1v) is 9.96. The van der Waals surface area contributed by atoms with Gasteiger partial charge >= 0.3 is 0 Å². The highest BCUT2D eigenvalue weighted by Gasteiger charge is 2.14. The van der Waals surface area contributed by atoms with Crippen molar-refractivity contribution in [1.82, 2.24) is 10.6 Å². The molecule has 0 aliphatic heterocycles. The maximum atomic E-state index is 12.2. The molecule has 3 N–H and O–H groups in total. The number of rotatable bonds is 9. The number of carbonyl (C=O) groups is 3. The fourth-order valence-corrected chi connectivity index (χ4v) is 2.74. The third kappa shape index (κ3) is 7.24. The van der Waals surface area contributed by atoms with Crippen LogP contribution in [0.2, 0.25) is 0 Å². The molecule has 0 spiro atoms. The normalized spacial score (nSPS) is 11.5. The Morgan fingerprint density at radius 1 is 0.933 bits per heavy atom. The van der Waals surface area contributed by atoms with Gasteiger partial charge in [-0.15, -0.1) is 0 Å². The third-order valence-corrected chi connectivity index (χ3v) is 4.38. The summed E-state index contributed by atoms with van der Waals surface area (Å²) in [5, 5.41) is 8.11. The van der Waals surface area contributed by atoms with Crippen molar-refractivity contribution in [2.45, 2.75) is 39.7 Å². The molecule has 0 bridgehead atoms. The summed E-state index contributed by atoms with van der Waals surface area (Å²) in [5.74, 6) is 0.315. The van der Waals surface area contributed by atoms with E-state index >= 15 is 0 Å². The minimum absolute atomic E-state index is 0.206. The Balaban J connectivity index is 1.74. The second kappa shape index (κ2) is 11.0. The van der Waals surface area contributed by atoms with Crippen molar-refractivity contribution >= 4 is 23.4 Å². The van der Waals surface area contributed by atoms with E-state index in [0.717, 1.165) is 0 Å². The van der Waals surface area contributed by atoms with E-state index in [1.165, 1.54) is 12.5 Å². The lowest BCUT2D eigenvalue weighted by atomic mass is 10.0. The Labute approximate surface area is 177 Å². The van der Waals surface area contributed by atoms with Crippen molar-refractivity contribution in [2.24, 2.45) is 0 Å². The first kappa shape index (κ1) is 22.9. The van der Waals surface area contributed by atoms with Gasteiger partial charge in [-0.3, -0.25) is 14.4 Å². The summed E-state index contributed by atoms with van der Waals surface area (Å²) in [6.07, 6.45) is -0.653. The predicted octanol–water partition coefficient (Wildman–Crippen LogP) is 3.08. The summed E-state index contributed by atoms with van der Waals surface area (Å²) >= 11 is 0. The molecule has 30 heavy (non-hydrogen) atoms. The maximum Gasteiger partial charge on any atom is 0.260 e. The Bertz CT molecular complexity index is 878. The van der Waals surface area contributed by atoms with Crippen LogP contribution >= 0.6 is 0 Å². The second-order valence-corrected chi connectivity index (χ2v) is 7.29. The van der Waals surface area contributed by atoms with Gasteiger partial charge in [0.25, 0.3) is 11.8 Å². The molecule has 0 heterocycles. The fraction of sp³-hybridized carbons (Fsp3) is 0.348. The van der Waals surface area contributed by atoms with Gasteiger partial charge in [0.1, 0.15) is 5.75 Å². The van der Waals surface area contributed by atoms with E-state index in [4.69, 9.17) is 4.74 Å². The lowest BCUT2D eigenvalue weighted by molar-refractivity contribution is -0.127. The molecule has 2 aromatic rings. The SMILES string of the molecule is CC(=O)Nc1cccc(C(=O)NCCNC(=O)C(C)Oc2ccc(C(C)C)cc2)c1.